The fourth-order valence-electron chi connectivity index (χ4n) is 3.49. The molecule has 1 aromatic heterocycles. The van der Waals surface area contributed by atoms with Gasteiger partial charge in [0.25, 0.3) is 0 Å². The van der Waals surface area contributed by atoms with Gasteiger partial charge in [0.2, 0.25) is 0 Å². The van der Waals surface area contributed by atoms with Gasteiger partial charge in [0.1, 0.15) is 5.82 Å². The van der Waals surface area contributed by atoms with Crippen LogP contribution in [0.3, 0.4) is 0 Å². The molecule has 1 fully saturated rings. The maximum atomic E-state index is 13.1. The molecule has 1 aliphatic heterocycles. The van der Waals surface area contributed by atoms with Crippen LogP contribution >= 0.6 is 11.6 Å². The van der Waals surface area contributed by atoms with Crippen LogP contribution in [-0.4, -0.2) is 51.3 Å². The van der Waals surface area contributed by atoms with Gasteiger partial charge in [-0.15, -0.1) is 5.10 Å². The number of aryl methyl sites for hydroxylation is 1. The van der Waals surface area contributed by atoms with Crippen molar-refractivity contribution in [2.45, 2.75) is 20.0 Å². The molecule has 2 aromatic carbocycles. The van der Waals surface area contributed by atoms with Crippen molar-refractivity contribution in [3.05, 3.63) is 70.3 Å². The fraction of sp³-hybridized carbons (Fsp3) is 0.350. The molecular formula is C20H22ClFN6. The quantitative estimate of drug-likeness (QED) is 0.658. The molecule has 0 amide bonds. The first-order valence-electron chi connectivity index (χ1n) is 9.31. The molecule has 0 N–H and O–H groups in total. The summed E-state index contributed by atoms with van der Waals surface area (Å²) in [4.78, 5) is 4.72. The summed E-state index contributed by atoms with van der Waals surface area (Å²) in [6.45, 7) is 7.05. The van der Waals surface area contributed by atoms with E-state index in [-0.39, 0.29) is 5.82 Å². The maximum Gasteiger partial charge on any atom is 0.165 e. The summed E-state index contributed by atoms with van der Waals surface area (Å²) >= 11 is 6.17. The largest absolute Gasteiger partial charge is 0.369 e. The first-order valence-corrected chi connectivity index (χ1v) is 9.69. The second kappa shape index (κ2) is 8.24. The van der Waals surface area contributed by atoms with Crippen LogP contribution < -0.4 is 4.90 Å². The Morgan fingerprint density at radius 1 is 1.00 bits per heavy atom. The number of rotatable bonds is 5. The Morgan fingerprint density at radius 2 is 1.75 bits per heavy atom. The highest BCUT2D eigenvalue weighted by Gasteiger charge is 2.20. The molecular weight excluding hydrogens is 379 g/mol. The molecule has 0 saturated carbocycles. The molecule has 4 rings (SSSR count). The Balaban J connectivity index is 1.37. The van der Waals surface area contributed by atoms with Crippen molar-refractivity contribution in [1.82, 2.24) is 25.1 Å². The van der Waals surface area contributed by atoms with Crippen molar-refractivity contribution < 1.29 is 4.39 Å². The lowest BCUT2D eigenvalue weighted by Crippen LogP contribution is -2.46. The first kappa shape index (κ1) is 18.8. The van der Waals surface area contributed by atoms with Gasteiger partial charge in [-0.1, -0.05) is 29.8 Å². The molecule has 0 aliphatic carbocycles. The van der Waals surface area contributed by atoms with Gasteiger partial charge < -0.3 is 4.90 Å². The summed E-state index contributed by atoms with van der Waals surface area (Å²) in [5, 5.41) is 12.9. The molecule has 0 spiro atoms. The Bertz CT molecular complexity index is 934. The van der Waals surface area contributed by atoms with E-state index in [2.05, 4.69) is 38.3 Å². The third kappa shape index (κ3) is 4.31. The number of hydrogen-bond acceptors (Lipinski definition) is 5. The average Bonchev–Trinajstić information content (AvgIpc) is 3.13. The van der Waals surface area contributed by atoms with E-state index >= 15 is 0 Å². The number of piperazine rings is 1. The number of aromatic nitrogens is 4. The van der Waals surface area contributed by atoms with Crippen molar-refractivity contribution in [3.8, 4) is 0 Å². The van der Waals surface area contributed by atoms with Crippen LogP contribution in [0.1, 0.15) is 17.0 Å². The molecule has 0 bridgehead atoms. The molecule has 8 heteroatoms. The van der Waals surface area contributed by atoms with Crippen LogP contribution in [-0.2, 0) is 13.1 Å². The Morgan fingerprint density at radius 3 is 2.50 bits per heavy atom. The molecule has 1 saturated heterocycles. The predicted octanol–water partition coefficient (Wildman–Crippen LogP) is 3.14. The Hall–Kier alpha value is -2.51. The van der Waals surface area contributed by atoms with Gasteiger partial charge in [0, 0.05) is 36.9 Å². The summed E-state index contributed by atoms with van der Waals surface area (Å²) in [6.07, 6.45) is 0. The fourth-order valence-corrected chi connectivity index (χ4v) is 3.66. The number of tetrazole rings is 1. The van der Waals surface area contributed by atoms with Gasteiger partial charge in [-0.3, -0.25) is 4.90 Å². The lowest BCUT2D eigenvalue weighted by molar-refractivity contribution is 0.240. The van der Waals surface area contributed by atoms with Crippen molar-refractivity contribution in [1.29, 1.82) is 0 Å². The third-order valence-electron chi connectivity index (χ3n) is 5.10. The molecule has 3 aromatic rings. The number of hydrogen-bond donors (Lipinski definition) is 0. The summed E-state index contributed by atoms with van der Waals surface area (Å²) in [5.74, 6) is 0.574. The minimum absolute atomic E-state index is 0.242. The zero-order valence-corrected chi connectivity index (χ0v) is 16.5. The zero-order chi connectivity index (χ0) is 19.5. The lowest BCUT2D eigenvalue weighted by atomic mass is 10.1. The molecule has 0 atom stereocenters. The normalized spacial score (nSPS) is 15.2. The van der Waals surface area contributed by atoms with Gasteiger partial charge >= 0.3 is 0 Å². The summed E-state index contributed by atoms with van der Waals surface area (Å²) in [7, 11) is 0. The van der Waals surface area contributed by atoms with Crippen LogP contribution in [0.15, 0.2) is 42.5 Å². The smallest absolute Gasteiger partial charge is 0.165 e. The average molecular weight is 401 g/mol. The van der Waals surface area contributed by atoms with Crippen LogP contribution in [0.25, 0.3) is 0 Å². The second-order valence-electron chi connectivity index (χ2n) is 7.07. The molecule has 28 heavy (non-hydrogen) atoms. The SMILES string of the molecule is Cc1ccc(Cl)cc1N1CCN(Cc2nnnn2Cc2ccc(F)cc2)CC1. The summed E-state index contributed by atoms with van der Waals surface area (Å²) in [6, 6.07) is 12.5. The number of benzene rings is 2. The molecule has 0 radical (unpaired) electrons. The van der Waals surface area contributed by atoms with E-state index in [4.69, 9.17) is 11.6 Å². The molecule has 146 valence electrons. The highest BCUT2D eigenvalue weighted by atomic mass is 35.5. The van der Waals surface area contributed by atoms with E-state index in [9.17, 15) is 4.39 Å². The van der Waals surface area contributed by atoms with E-state index in [0.717, 1.165) is 42.6 Å². The first-order chi connectivity index (χ1) is 13.6. The number of nitrogens with zero attached hydrogens (tertiary/aromatic N) is 6. The van der Waals surface area contributed by atoms with Gasteiger partial charge in [0.15, 0.2) is 5.82 Å². The summed E-state index contributed by atoms with van der Waals surface area (Å²) < 4.78 is 14.9. The van der Waals surface area contributed by atoms with Crippen LogP contribution in [0.5, 0.6) is 0 Å². The highest BCUT2D eigenvalue weighted by molar-refractivity contribution is 6.30. The highest BCUT2D eigenvalue weighted by Crippen LogP contribution is 2.25. The van der Waals surface area contributed by atoms with Crippen molar-refractivity contribution in [2.24, 2.45) is 0 Å². The van der Waals surface area contributed by atoms with Crippen LogP contribution in [0.4, 0.5) is 10.1 Å². The number of halogens is 2. The third-order valence-corrected chi connectivity index (χ3v) is 5.34. The molecule has 1 aliphatic rings. The molecule has 0 unspecified atom stereocenters. The molecule has 6 nitrogen and oxygen atoms in total. The van der Waals surface area contributed by atoms with E-state index in [0.29, 0.717) is 13.1 Å². The Kier molecular flexibility index (Phi) is 5.54. The number of anilines is 1. The standard InChI is InChI=1S/C20H22ClFN6/c1-15-2-5-17(21)12-19(15)27-10-8-26(9-11-27)14-20-23-24-25-28(20)13-16-3-6-18(22)7-4-16/h2-7,12H,8-11,13-14H2,1H3. The van der Waals surface area contributed by atoms with Crippen molar-refractivity contribution >= 4 is 17.3 Å². The maximum absolute atomic E-state index is 13.1. The van der Waals surface area contributed by atoms with Gasteiger partial charge in [0.05, 0.1) is 13.1 Å². The second-order valence-corrected chi connectivity index (χ2v) is 7.51. The van der Waals surface area contributed by atoms with Gasteiger partial charge in [-0.25, -0.2) is 9.07 Å². The zero-order valence-electron chi connectivity index (χ0n) is 15.7. The van der Waals surface area contributed by atoms with Crippen LogP contribution in [0.2, 0.25) is 5.02 Å². The topological polar surface area (TPSA) is 50.1 Å². The lowest BCUT2D eigenvalue weighted by Gasteiger charge is -2.36. The van der Waals surface area contributed by atoms with E-state index in [1.165, 1.54) is 23.4 Å². The minimum Gasteiger partial charge on any atom is -0.369 e. The van der Waals surface area contributed by atoms with Crippen molar-refractivity contribution in [3.63, 3.8) is 0 Å². The van der Waals surface area contributed by atoms with Crippen molar-refractivity contribution in [2.75, 3.05) is 31.1 Å². The predicted molar refractivity (Wildman–Crippen MR) is 107 cm³/mol. The van der Waals surface area contributed by atoms with E-state index < -0.39 is 0 Å². The van der Waals surface area contributed by atoms with Crippen LogP contribution in [0, 0.1) is 12.7 Å². The van der Waals surface area contributed by atoms with E-state index in [1.54, 1.807) is 16.8 Å². The monoisotopic (exact) mass is 400 g/mol. The van der Waals surface area contributed by atoms with Gasteiger partial charge in [-0.05, 0) is 52.7 Å². The van der Waals surface area contributed by atoms with E-state index in [1.807, 2.05) is 12.1 Å². The minimum atomic E-state index is -0.242. The van der Waals surface area contributed by atoms with Gasteiger partial charge in [-0.2, -0.15) is 0 Å². The summed E-state index contributed by atoms with van der Waals surface area (Å²) in [5.41, 5.74) is 3.41. The Labute approximate surface area is 168 Å². The molecule has 2 heterocycles.